The Morgan fingerprint density at radius 2 is 1.89 bits per heavy atom. The Kier molecular flexibility index (Phi) is 8.32. The molecule has 3 unspecified atom stereocenters. The maximum Gasteiger partial charge on any atom is 0.251 e. The Hall–Kier alpha value is -1.59. The minimum atomic E-state index is -0.0633. The van der Waals surface area contributed by atoms with Crippen LogP contribution in [0.3, 0.4) is 0 Å². The van der Waals surface area contributed by atoms with Crippen molar-refractivity contribution in [3.05, 3.63) is 35.4 Å². The van der Waals surface area contributed by atoms with E-state index in [4.69, 9.17) is 5.73 Å². The molecule has 0 saturated heterocycles. The Labute approximate surface area is 174 Å². The number of hydrogen-bond acceptors (Lipinski definition) is 3. The molecule has 1 aromatic carbocycles. The number of nitrogens with one attached hydrogen (secondary N) is 2. The average molecular weight is 408 g/mol. The highest BCUT2D eigenvalue weighted by molar-refractivity contribution is 5.94. The smallest absolute Gasteiger partial charge is 0.251 e. The second-order valence-electron chi connectivity index (χ2n) is 8.40. The van der Waals surface area contributed by atoms with Crippen molar-refractivity contribution in [1.82, 2.24) is 10.6 Å². The van der Waals surface area contributed by atoms with Crippen molar-refractivity contribution in [3.63, 3.8) is 0 Å². The molecule has 2 amide bonds. The Bertz CT molecular complexity index is 668. The van der Waals surface area contributed by atoms with Crippen molar-refractivity contribution < 1.29 is 9.59 Å². The Morgan fingerprint density at radius 1 is 1.21 bits per heavy atom. The first kappa shape index (κ1) is 22.7. The Balaban J connectivity index is 0.00000280. The zero-order valence-corrected chi connectivity index (χ0v) is 17.8. The second-order valence-corrected chi connectivity index (χ2v) is 8.40. The molecule has 0 aromatic heterocycles. The minimum absolute atomic E-state index is 0. The van der Waals surface area contributed by atoms with Gasteiger partial charge in [0, 0.05) is 30.1 Å². The van der Waals surface area contributed by atoms with E-state index in [-0.39, 0.29) is 42.2 Å². The molecule has 2 aliphatic rings. The summed E-state index contributed by atoms with van der Waals surface area (Å²) >= 11 is 0. The quantitative estimate of drug-likeness (QED) is 0.675. The van der Waals surface area contributed by atoms with E-state index in [9.17, 15) is 9.59 Å². The van der Waals surface area contributed by atoms with Gasteiger partial charge in [-0.05, 0) is 68.6 Å². The third kappa shape index (κ3) is 5.48. The van der Waals surface area contributed by atoms with Crippen LogP contribution >= 0.6 is 12.4 Å². The molecule has 2 bridgehead atoms. The number of rotatable bonds is 6. The molecule has 3 atom stereocenters. The molecule has 156 valence electrons. The summed E-state index contributed by atoms with van der Waals surface area (Å²) in [5.74, 6) is 1.15. The normalized spacial score (nSPS) is 27.2. The molecule has 2 aliphatic carbocycles. The molecule has 5 nitrogen and oxygen atoms in total. The molecule has 0 aliphatic heterocycles. The van der Waals surface area contributed by atoms with Crippen LogP contribution in [0.25, 0.3) is 0 Å². The van der Waals surface area contributed by atoms with E-state index >= 15 is 0 Å². The van der Waals surface area contributed by atoms with E-state index in [1.165, 1.54) is 6.42 Å². The van der Waals surface area contributed by atoms with Gasteiger partial charge < -0.3 is 16.4 Å². The number of benzene rings is 1. The van der Waals surface area contributed by atoms with Crippen molar-refractivity contribution in [2.45, 2.75) is 71.0 Å². The lowest BCUT2D eigenvalue weighted by Crippen LogP contribution is -2.49. The lowest BCUT2D eigenvalue weighted by Gasteiger charge is -2.43. The van der Waals surface area contributed by atoms with Crippen LogP contribution in [0.1, 0.15) is 68.3 Å². The standard InChI is InChI=1S/C22H33N3O2.ClH/c1-3-14(2)25-22(27)18-9-4-6-15(10-18)13-24-21(26)19-11-16-7-5-8-17(12-19)20(16)23;/h4,6,9-10,14,16-17,19-20H,3,5,7-8,11-13,23H2,1-2H3,(H,24,26)(H,25,27);1H. The highest BCUT2D eigenvalue weighted by atomic mass is 35.5. The maximum absolute atomic E-state index is 12.7. The summed E-state index contributed by atoms with van der Waals surface area (Å²) in [5.41, 5.74) is 7.92. The number of fused-ring (bicyclic) bond motifs is 2. The fraction of sp³-hybridized carbons (Fsp3) is 0.636. The predicted octanol–water partition coefficient (Wildman–Crippen LogP) is 3.41. The van der Waals surface area contributed by atoms with Gasteiger partial charge in [0.1, 0.15) is 0 Å². The third-order valence-corrected chi connectivity index (χ3v) is 6.43. The highest BCUT2D eigenvalue weighted by Crippen LogP contribution is 2.41. The molecule has 0 spiro atoms. The average Bonchev–Trinajstić information content (AvgIpc) is 2.66. The maximum atomic E-state index is 12.7. The van der Waals surface area contributed by atoms with E-state index < -0.39 is 0 Å². The molecule has 1 aromatic rings. The summed E-state index contributed by atoms with van der Waals surface area (Å²) in [5, 5.41) is 6.06. The van der Waals surface area contributed by atoms with E-state index in [1.807, 2.05) is 38.1 Å². The largest absolute Gasteiger partial charge is 0.352 e. The van der Waals surface area contributed by atoms with E-state index in [0.717, 1.165) is 37.7 Å². The van der Waals surface area contributed by atoms with Gasteiger partial charge in [-0.15, -0.1) is 12.4 Å². The SMILES string of the molecule is CCC(C)NC(=O)c1cccc(CNC(=O)C2CC3CCCC(C2)C3N)c1.Cl. The summed E-state index contributed by atoms with van der Waals surface area (Å²) < 4.78 is 0. The number of carbonyl (C=O) groups is 2. The van der Waals surface area contributed by atoms with Gasteiger partial charge in [0.2, 0.25) is 5.91 Å². The molecule has 2 fully saturated rings. The zero-order chi connectivity index (χ0) is 19.4. The molecule has 3 rings (SSSR count). The van der Waals surface area contributed by atoms with E-state index in [1.54, 1.807) is 0 Å². The van der Waals surface area contributed by atoms with Crippen LogP contribution in [-0.4, -0.2) is 23.9 Å². The second kappa shape index (κ2) is 10.3. The molecule has 28 heavy (non-hydrogen) atoms. The number of amides is 2. The van der Waals surface area contributed by atoms with Crippen LogP contribution in [0.4, 0.5) is 0 Å². The third-order valence-electron chi connectivity index (χ3n) is 6.43. The first-order chi connectivity index (χ1) is 13.0. The number of halogens is 1. The molecule has 4 N–H and O–H groups in total. The van der Waals surface area contributed by atoms with Crippen LogP contribution in [0.5, 0.6) is 0 Å². The van der Waals surface area contributed by atoms with Gasteiger partial charge in [-0.3, -0.25) is 9.59 Å². The monoisotopic (exact) mass is 407 g/mol. The summed E-state index contributed by atoms with van der Waals surface area (Å²) in [7, 11) is 0. The highest BCUT2D eigenvalue weighted by Gasteiger charge is 2.40. The Morgan fingerprint density at radius 3 is 2.54 bits per heavy atom. The molecular formula is C22H34ClN3O2. The van der Waals surface area contributed by atoms with Gasteiger partial charge in [0.05, 0.1) is 0 Å². The number of hydrogen-bond donors (Lipinski definition) is 3. The van der Waals surface area contributed by atoms with Crippen molar-refractivity contribution >= 4 is 24.2 Å². The van der Waals surface area contributed by atoms with E-state index in [0.29, 0.717) is 23.9 Å². The van der Waals surface area contributed by atoms with Crippen LogP contribution in [-0.2, 0) is 11.3 Å². The van der Waals surface area contributed by atoms with Gasteiger partial charge in [0.25, 0.3) is 5.91 Å². The summed E-state index contributed by atoms with van der Waals surface area (Å²) in [6.45, 7) is 4.50. The predicted molar refractivity (Wildman–Crippen MR) is 114 cm³/mol. The van der Waals surface area contributed by atoms with Gasteiger partial charge in [0.15, 0.2) is 0 Å². The van der Waals surface area contributed by atoms with Gasteiger partial charge in [-0.1, -0.05) is 25.5 Å². The molecule has 6 heteroatoms. The van der Waals surface area contributed by atoms with Crippen LogP contribution in [0.15, 0.2) is 24.3 Å². The fourth-order valence-corrected chi connectivity index (χ4v) is 4.57. The van der Waals surface area contributed by atoms with Crippen LogP contribution in [0.2, 0.25) is 0 Å². The summed E-state index contributed by atoms with van der Waals surface area (Å²) in [6.07, 6.45) is 6.31. The topological polar surface area (TPSA) is 84.2 Å². The van der Waals surface area contributed by atoms with E-state index in [2.05, 4.69) is 10.6 Å². The zero-order valence-electron chi connectivity index (χ0n) is 16.9. The molecule has 0 radical (unpaired) electrons. The van der Waals surface area contributed by atoms with Crippen LogP contribution < -0.4 is 16.4 Å². The van der Waals surface area contributed by atoms with Crippen molar-refractivity contribution in [2.75, 3.05) is 0 Å². The van der Waals surface area contributed by atoms with Gasteiger partial charge in [-0.2, -0.15) is 0 Å². The first-order valence-electron chi connectivity index (χ1n) is 10.4. The lowest BCUT2D eigenvalue weighted by atomic mass is 9.65. The number of nitrogens with two attached hydrogens (primary N) is 1. The van der Waals surface area contributed by atoms with Gasteiger partial charge >= 0.3 is 0 Å². The van der Waals surface area contributed by atoms with Gasteiger partial charge in [-0.25, -0.2) is 0 Å². The molecular weight excluding hydrogens is 374 g/mol. The first-order valence-corrected chi connectivity index (χ1v) is 10.4. The lowest BCUT2D eigenvalue weighted by molar-refractivity contribution is -0.128. The van der Waals surface area contributed by atoms with Crippen molar-refractivity contribution in [3.8, 4) is 0 Å². The summed E-state index contributed by atoms with van der Waals surface area (Å²) in [6, 6.07) is 7.93. The molecule has 0 heterocycles. The van der Waals surface area contributed by atoms with Crippen molar-refractivity contribution in [2.24, 2.45) is 23.5 Å². The van der Waals surface area contributed by atoms with Crippen molar-refractivity contribution in [1.29, 1.82) is 0 Å². The number of carbonyl (C=O) groups excluding carboxylic acids is 2. The molecule has 2 saturated carbocycles. The fourth-order valence-electron chi connectivity index (χ4n) is 4.57. The van der Waals surface area contributed by atoms with Crippen LogP contribution in [0, 0.1) is 17.8 Å². The summed E-state index contributed by atoms with van der Waals surface area (Å²) in [4.78, 5) is 25.0. The minimum Gasteiger partial charge on any atom is -0.352 e.